The third-order valence-corrected chi connectivity index (χ3v) is 3.98. The van der Waals surface area contributed by atoms with Gasteiger partial charge < -0.3 is 21.1 Å². The van der Waals surface area contributed by atoms with E-state index in [9.17, 15) is 14.4 Å². The maximum atomic E-state index is 12.5. The molecule has 0 aromatic carbocycles. The number of likely N-dealkylation sites (tertiary alicyclic amines) is 1. The van der Waals surface area contributed by atoms with Crippen molar-refractivity contribution in [1.82, 2.24) is 10.2 Å². The maximum absolute atomic E-state index is 12.5. The summed E-state index contributed by atoms with van der Waals surface area (Å²) >= 11 is 3.95. The molecule has 1 fully saturated rings. The van der Waals surface area contributed by atoms with Crippen molar-refractivity contribution in [3.63, 3.8) is 0 Å². The fraction of sp³-hybridized carbons (Fsp3) is 0.769. The molecule has 8 heteroatoms. The van der Waals surface area contributed by atoms with Crippen LogP contribution in [0, 0.1) is 5.92 Å². The van der Waals surface area contributed by atoms with Crippen LogP contribution in [0.15, 0.2) is 0 Å². The molecule has 1 saturated heterocycles. The Bertz CT molecular complexity index is 416. The standard InChI is InChI=1S/C13H23N3O4S/c1-7(2)10(15-11(17)8(14)6-21)12(18)16-5-3-4-9(16)13(19)20/h7-10,21H,3-6,14H2,1-2H3,(H,15,17)(H,19,20)/t8-,9+,10-/m0/s1. The van der Waals surface area contributed by atoms with Gasteiger partial charge in [-0.05, 0) is 18.8 Å². The van der Waals surface area contributed by atoms with E-state index in [2.05, 4.69) is 17.9 Å². The second-order valence-corrected chi connectivity index (χ2v) is 5.91. The minimum atomic E-state index is -1.01. The molecular formula is C13H23N3O4S. The molecule has 0 aromatic heterocycles. The van der Waals surface area contributed by atoms with Crippen LogP contribution in [0.5, 0.6) is 0 Å². The molecule has 0 aromatic rings. The van der Waals surface area contributed by atoms with Crippen LogP contribution in [-0.2, 0) is 14.4 Å². The monoisotopic (exact) mass is 317 g/mol. The molecule has 0 saturated carbocycles. The largest absolute Gasteiger partial charge is 0.480 e. The summed E-state index contributed by atoms with van der Waals surface area (Å²) in [4.78, 5) is 36.9. The highest BCUT2D eigenvalue weighted by Crippen LogP contribution is 2.20. The number of nitrogens with zero attached hydrogens (tertiary/aromatic N) is 1. The van der Waals surface area contributed by atoms with Gasteiger partial charge in [0, 0.05) is 12.3 Å². The molecule has 7 nitrogen and oxygen atoms in total. The lowest BCUT2D eigenvalue weighted by Crippen LogP contribution is -2.56. The highest BCUT2D eigenvalue weighted by Gasteiger charge is 2.38. The van der Waals surface area contributed by atoms with Crippen molar-refractivity contribution in [1.29, 1.82) is 0 Å². The van der Waals surface area contributed by atoms with Crippen molar-refractivity contribution in [3.8, 4) is 0 Å². The van der Waals surface area contributed by atoms with E-state index in [1.807, 2.05) is 0 Å². The zero-order valence-electron chi connectivity index (χ0n) is 12.3. The number of carboxylic acid groups (broad SMARTS) is 1. The first-order chi connectivity index (χ1) is 9.79. The predicted octanol–water partition coefficient (Wildman–Crippen LogP) is -0.540. The van der Waals surface area contributed by atoms with Crippen molar-refractivity contribution in [3.05, 3.63) is 0 Å². The van der Waals surface area contributed by atoms with E-state index in [1.54, 1.807) is 13.8 Å². The Hall–Kier alpha value is -1.28. The molecule has 1 rings (SSSR count). The molecule has 1 aliphatic rings. The molecule has 3 atom stereocenters. The Morgan fingerprint density at radius 1 is 1.43 bits per heavy atom. The first kappa shape index (κ1) is 17.8. The fourth-order valence-corrected chi connectivity index (χ4v) is 2.49. The summed E-state index contributed by atoms with van der Waals surface area (Å²) in [5, 5.41) is 11.8. The molecule has 1 heterocycles. The minimum absolute atomic E-state index is 0.163. The zero-order chi connectivity index (χ0) is 16.2. The summed E-state index contributed by atoms with van der Waals surface area (Å²) in [6.07, 6.45) is 1.09. The van der Waals surface area contributed by atoms with E-state index in [-0.39, 0.29) is 17.6 Å². The minimum Gasteiger partial charge on any atom is -0.480 e. The second kappa shape index (κ2) is 7.65. The summed E-state index contributed by atoms with van der Waals surface area (Å²) in [6.45, 7) is 3.98. The van der Waals surface area contributed by atoms with Gasteiger partial charge in [0.25, 0.3) is 0 Å². The van der Waals surface area contributed by atoms with Crippen LogP contribution >= 0.6 is 12.6 Å². The molecule has 21 heavy (non-hydrogen) atoms. The Morgan fingerprint density at radius 2 is 2.05 bits per heavy atom. The van der Waals surface area contributed by atoms with Gasteiger partial charge in [0.1, 0.15) is 12.1 Å². The quantitative estimate of drug-likeness (QED) is 0.492. The predicted molar refractivity (Wildman–Crippen MR) is 81.0 cm³/mol. The fourth-order valence-electron chi connectivity index (χ4n) is 2.32. The third kappa shape index (κ3) is 4.34. The Kier molecular flexibility index (Phi) is 6.47. The van der Waals surface area contributed by atoms with E-state index < -0.39 is 30.0 Å². The molecule has 2 amide bonds. The van der Waals surface area contributed by atoms with Crippen LogP contribution < -0.4 is 11.1 Å². The molecule has 0 bridgehead atoms. The molecule has 0 spiro atoms. The number of hydrogen-bond donors (Lipinski definition) is 4. The molecule has 0 unspecified atom stereocenters. The average molecular weight is 317 g/mol. The summed E-state index contributed by atoms with van der Waals surface area (Å²) in [7, 11) is 0. The van der Waals surface area contributed by atoms with Crippen molar-refractivity contribution in [2.75, 3.05) is 12.3 Å². The van der Waals surface area contributed by atoms with E-state index in [4.69, 9.17) is 10.8 Å². The zero-order valence-corrected chi connectivity index (χ0v) is 13.2. The highest BCUT2D eigenvalue weighted by atomic mass is 32.1. The average Bonchev–Trinajstić information content (AvgIpc) is 2.91. The van der Waals surface area contributed by atoms with Gasteiger partial charge in [-0.15, -0.1) is 0 Å². The Labute approximate surface area is 129 Å². The van der Waals surface area contributed by atoms with Crippen LogP contribution in [-0.4, -0.2) is 58.2 Å². The summed E-state index contributed by atoms with van der Waals surface area (Å²) in [5.41, 5.74) is 5.59. The Balaban J connectivity index is 2.83. The SMILES string of the molecule is CC(C)[C@H](NC(=O)[C@@H](N)CS)C(=O)N1CCC[C@@H]1C(=O)O. The van der Waals surface area contributed by atoms with Gasteiger partial charge in [0.15, 0.2) is 0 Å². The lowest BCUT2D eigenvalue weighted by atomic mass is 10.0. The number of aliphatic carboxylic acids is 1. The summed E-state index contributed by atoms with van der Waals surface area (Å²) in [6, 6.07) is -2.38. The van der Waals surface area contributed by atoms with Gasteiger partial charge in [-0.2, -0.15) is 12.6 Å². The maximum Gasteiger partial charge on any atom is 0.326 e. The van der Waals surface area contributed by atoms with E-state index >= 15 is 0 Å². The van der Waals surface area contributed by atoms with Crippen molar-refractivity contribution in [2.24, 2.45) is 11.7 Å². The van der Waals surface area contributed by atoms with Crippen molar-refractivity contribution in [2.45, 2.75) is 44.8 Å². The van der Waals surface area contributed by atoms with Crippen molar-refractivity contribution < 1.29 is 19.5 Å². The van der Waals surface area contributed by atoms with Gasteiger partial charge in [0.2, 0.25) is 11.8 Å². The number of carboxylic acids is 1. The number of hydrogen-bond acceptors (Lipinski definition) is 5. The van der Waals surface area contributed by atoms with Crippen LogP contribution in [0.1, 0.15) is 26.7 Å². The number of nitrogens with two attached hydrogens (primary N) is 1. The number of nitrogens with one attached hydrogen (secondary N) is 1. The summed E-state index contributed by atoms with van der Waals surface area (Å²) < 4.78 is 0. The summed E-state index contributed by atoms with van der Waals surface area (Å²) in [5.74, 6) is -1.82. The molecule has 0 aliphatic carbocycles. The van der Waals surface area contributed by atoms with E-state index in [0.29, 0.717) is 19.4 Å². The van der Waals surface area contributed by atoms with Crippen LogP contribution in [0.25, 0.3) is 0 Å². The number of amides is 2. The van der Waals surface area contributed by atoms with Crippen molar-refractivity contribution >= 4 is 30.4 Å². The first-order valence-corrected chi connectivity index (χ1v) is 7.63. The lowest BCUT2D eigenvalue weighted by Gasteiger charge is -2.29. The lowest BCUT2D eigenvalue weighted by molar-refractivity contribution is -0.150. The molecule has 0 radical (unpaired) electrons. The number of rotatable bonds is 6. The van der Waals surface area contributed by atoms with Crippen LogP contribution in [0.4, 0.5) is 0 Å². The topological polar surface area (TPSA) is 113 Å². The molecular weight excluding hydrogens is 294 g/mol. The normalized spacial score (nSPS) is 21.2. The molecule has 1 aliphatic heterocycles. The van der Waals surface area contributed by atoms with Gasteiger partial charge in [-0.1, -0.05) is 13.8 Å². The van der Waals surface area contributed by atoms with Crippen LogP contribution in [0.2, 0.25) is 0 Å². The van der Waals surface area contributed by atoms with Gasteiger partial charge >= 0.3 is 5.97 Å². The molecule has 120 valence electrons. The number of thiol groups is 1. The Morgan fingerprint density at radius 3 is 2.52 bits per heavy atom. The van der Waals surface area contributed by atoms with Gasteiger partial charge in [-0.25, -0.2) is 4.79 Å². The smallest absolute Gasteiger partial charge is 0.326 e. The van der Waals surface area contributed by atoms with E-state index in [0.717, 1.165) is 0 Å². The van der Waals surface area contributed by atoms with Gasteiger partial charge in [0.05, 0.1) is 6.04 Å². The van der Waals surface area contributed by atoms with E-state index in [1.165, 1.54) is 4.90 Å². The van der Waals surface area contributed by atoms with Gasteiger partial charge in [-0.3, -0.25) is 9.59 Å². The number of carbonyl (C=O) groups excluding carboxylic acids is 2. The molecule has 4 N–H and O–H groups in total. The number of carbonyl (C=O) groups is 3. The van der Waals surface area contributed by atoms with Crippen LogP contribution in [0.3, 0.4) is 0 Å². The first-order valence-electron chi connectivity index (χ1n) is 6.99. The highest BCUT2D eigenvalue weighted by molar-refractivity contribution is 7.80. The third-order valence-electron chi connectivity index (χ3n) is 3.58. The second-order valence-electron chi connectivity index (χ2n) is 5.55.